The summed E-state index contributed by atoms with van der Waals surface area (Å²) in [5.41, 5.74) is 4.84. The molecule has 0 saturated heterocycles. The maximum atomic E-state index is 6.13. The van der Waals surface area contributed by atoms with Crippen LogP contribution < -0.4 is 10.1 Å². The van der Waals surface area contributed by atoms with Gasteiger partial charge in [0.05, 0.1) is 30.1 Å². The van der Waals surface area contributed by atoms with E-state index >= 15 is 0 Å². The number of hydrogen-bond donors (Lipinski definition) is 1. The standard InChI is InChI=1S/C20H18ClN5O/c1-12-4-6-15(8-13(12)2)26-20-16(10-24-26)19(22-11-23-20)25-17-9-14(21)5-7-18(17)27-3/h4-11H,1-3H3,(H,22,23,25). The molecular weight excluding hydrogens is 362 g/mol. The lowest BCUT2D eigenvalue weighted by Gasteiger charge is -2.11. The van der Waals surface area contributed by atoms with E-state index in [0.29, 0.717) is 16.6 Å². The number of anilines is 2. The maximum Gasteiger partial charge on any atom is 0.168 e. The van der Waals surface area contributed by atoms with E-state index in [1.54, 1.807) is 25.4 Å². The Hall–Kier alpha value is -3.12. The van der Waals surface area contributed by atoms with Crippen LogP contribution in [0.2, 0.25) is 5.02 Å². The number of nitrogens with zero attached hydrogens (tertiary/aromatic N) is 4. The number of hydrogen-bond acceptors (Lipinski definition) is 5. The summed E-state index contributed by atoms with van der Waals surface area (Å²) in [4.78, 5) is 8.80. The molecule has 0 aliphatic rings. The molecule has 0 spiro atoms. The molecule has 0 atom stereocenters. The van der Waals surface area contributed by atoms with E-state index in [1.165, 1.54) is 17.5 Å². The first-order valence-corrected chi connectivity index (χ1v) is 8.81. The molecule has 0 amide bonds. The fraction of sp³-hybridized carbons (Fsp3) is 0.150. The van der Waals surface area contributed by atoms with Gasteiger partial charge in [0.2, 0.25) is 0 Å². The van der Waals surface area contributed by atoms with Gasteiger partial charge in [-0.2, -0.15) is 5.10 Å². The molecule has 0 radical (unpaired) electrons. The van der Waals surface area contributed by atoms with Crippen molar-refractivity contribution in [1.29, 1.82) is 0 Å². The molecule has 2 heterocycles. The number of ether oxygens (including phenoxy) is 1. The van der Waals surface area contributed by atoms with Gasteiger partial charge in [0, 0.05) is 5.02 Å². The number of fused-ring (bicyclic) bond motifs is 1. The van der Waals surface area contributed by atoms with E-state index in [9.17, 15) is 0 Å². The lowest BCUT2D eigenvalue weighted by Crippen LogP contribution is -2.01. The Morgan fingerprint density at radius 1 is 1.04 bits per heavy atom. The van der Waals surface area contributed by atoms with Gasteiger partial charge in [0.1, 0.15) is 17.9 Å². The minimum Gasteiger partial charge on any atom is -0.495 e. The quantitative estimate of drug-likeness (QED) is 0.549. The van der Waals surface area contributed by atoms with Crippen molar-refractivity contribution in [2.24, 2.45) is 0 Å². The fourth-order valence-electron chi connectivity index (χ4n) is 2.90. The first-order valence-electron chi connectivity index (χ1n) is 8.44. The highest BCUT2D eigenvalue weighted by Crippen LogP contribution is 2.32. The van der Waals surface area contributed by atoms with E-state index < -0.39 is 0 Å². The molecule has 4 aromatic rings. The average Bonchev–Trinajstić information content (AvgIpc) is 3.09. The van der Waals surface area contributed by atoms with Crippen LogP contribution in [0.1, 0.15) is 11.1 Å². The third-order valence-electron chi connectivity index (χ3n) is 4.52. The number of nitrogens with one attached hydrogen (secondary N) is 1. The Kier molecular flexibility index (Phi) is 4.41. The lowest BCUT2D eigenvalue weighted by molar-refractivity contribution is 0.417. The summed E-state index contributed by atoms with van der Waals surface area (Å²) in [6, 6.07) is 11.6. The first-order chi connectivity index (χ1) is 13.1. The molecule has 1 N–H and O–H groups in total. The number of aromatic nitrogens is 4. The highest BCUT2D eigenvalue weighted by molar-refractivity contribution is 6.31. The van der Waals surface area contributed by atoms with Gasteiger partial charge in [-0.1, -0.05) is 17.7 Å². The second kappa shape index (κ2) is 6.89. The van der Waals surface area contributed by atoms with Crippen molar-refractivity contribution in [3.63, 3.8) is 0 Å². The SMILES string of the molecule is COc1ccc(Cl)cc1Nc1ncnc2c1cnn2-c1ccc(C)c(C)c1. The third-order valence-corrected chi connectivity index (χ3v) is 4.75. The van der Waals surface area contributed by atoms with Crippen LogP contribution in [0.3, 0.4) is 0 Å². The maximum absolute atomic E-state index is 6.13. The van der Waals surface area contributed by atoms with Crippen molar-refractivity contribution in [2.75, 3.05) is 12.4 Å². The van der Waals surface area contributed by atoms with Gasteiger partial charge in [0.25, 0.3) is 0 Å². The van der Waals surface area contributed by atoms with Gasteiger partial charge in [-0.3, -0.25) is 0 Å². The summed E-state index contributed by atoms with van der Waals surface area (Å²) < 4.78 is 7.21. The number of rotatable bonds is 4. The molecule has 136 valence electrons. The van der Waals surface area contributed by atoms with Crippen LogP contribution in [0.5, 0.6) is 5.75 Å². The molecule has 0 aliphatic carbocycles. The van der Waals surface area contributed by atoms with Crippen LogP contribution in [0.15, 0.2) is 48.9 Å². The number of methoxy groups -OCH3 is 1. The molecule has 6 nitrogen and oxygen atoms in total. The molecule has 2 aromatic carbocycles. The predicted octanol–water partition coefficient (Wildman–Crippen LogP) is 4.84. The number of benzene rings is 2. The Morgan fingerprint density at radius 2 is 1.89 bits per heavy atom. The minimum absolute atomic E-state index is 0.606. The van der Waals surface area contributed by atoms with Crippen molar-refractivity contribution in [3.8, 4) is 11.4 Å². The molecule has 0 fully saturated rings. The van der Waals surface area contributed by atoms with E-state index in [4.69, 9.17) is 16.3 Å². The molecule has 0 bridgehead atoms. The fourth-order valence-corrected chi connectivity index (χ4v) is 3.07. The predicted molar refractivity (Wildman–Crippen MR) is 107 cm³/mol. The molecule has 0 unspecified atom stereocenters. The molecule has 4 rings (SSSR count). The van der Waals surface area contributed by atoms with Crippen molar-refractivity contribution in [3.05, 3.63) is 65.1 Å². The summed E-state index contributed by atoms with van der Waals surface area (Å²) >= 11 is 6.13. The zero-order chi connectivity index (χ0) is 19.0. The van der Waals surface area contributed by atoms with Gasteiger partial charge in [-0.25, -0.2) is 14.6 Å². The molecule has 0 saturated carbocycles. The zero-order valence-electron chi connectivity index (χ0n) is 15.2. The number of halogens is 1. The summed E-state index contributed by atoms with van der Waals surface area (Å²) in [7, 11) is 1.61. The monoisotopic (exact) mass is 379 g/mol. The Labute approximate surface area is 161 Å². The van der Waals surface area contributed by atoms with Gasteiger partial charge in [-0.05, 0) is 55.3 Å². The Bertz CT molecular complexity index is 1140. The van der Waals surface area contributed by atoms with Gasteiger partial charge < -0.3 is 10.1 Å². The van der Waals surface area contributed by atoms with Crippen LogP contribution in [0.25, 0.3) is 16.7 Å². The minimum atomic E-state index is 0.606. The second-order valence-corrected chi connectivity index (χ2v) is 6.69. The number of aryl methyl sites for hydroxylation is 2. The zero-order valence-corrected chi connectivity index (χ0v) is 15.9. The van der Waals surface area contributed by atoms with Crippen molar-refractivity contribution in [1.82, 2.24) is 19.7 Å². The largest absolute Gasteiger partial charge is 0.495 e. The van der Waals surface area contributed by atoms with Crippen molar-refractivity contribution < 1.29 is 4.74 Å². The van der Waals surface area contributed by atoms with Gasteiger partial charge >= 0.3 is 0 Å². The molecule has 0 aliphatic heterocycles. The van der Waals surface area contributed by atoms with E-state index in [0.717, 1.165) is 22.4 Å². The summed E-state index contributed by atoms with van der Waals surface area (Å²) in [5.74, 6) is 1.31. The molecule has 27 heavy (non-hydrogen) atoms. The molecular formula is C20H18ClN5O. The second-order valence-electron chi connectivity index (χ2n) is 6.25. The Morgan fingerprint density at radius 3 is 2.67 bits per heavy atom. The van der Waals surface area contributed by atoms with E-state index in [1.807, 2.05) is 16.8 Å². The van der Waals surface area contributed by atoms with E-state index in [2.05, 4.69) is 46.4 Å². The van der Waals surface area contributed by atoms with Crippen LogP contribution in [0.4, 0.5) is 11.5 Å². The third kappa shape index (κ3) is 3.19. The van der Waals surface area contributed by atoms with Crippen molar-refractivity contribution in [2.45, 2.75) is 13.8 Å². The smallest absolute Gasteiger partial charge is 0.168 e. The highest BCUT2D eigenvalue weighted by Gasteiger charge is 2.13. The Balaban J connectivity index is 1.79. The van der Waals surface area contributed by atoms with Crippen LogP contribution >= 0.6 is 11.6 Å². The van der Waals surface area contributed by atoms with Crippen molar-refractivity contribution >= 4 is 34.1 Å². The summed E-state index contributed by atoms with van der Waals surface area (Å²) in [6.07, 6.45) is 3.27. The topological polar surface area (TPSA) is 64.9 Å². The first kappa shape index (κ1) is 17.3. The summed E-state index contributed by atoms with van der Waals surface area (Å²) in [6.45, 7) is 4.17. The van der Waals surface area contributed by atoms with Gasteiger partial charge in [-0.15, -0.1) is 0 Å². The molecule has 2 aromatic heterocycles. The summed E-state index contributed by atoms with van der Waals surface area (Å²) in [5, 5.41) is 9.20. The van der Waals surface area contributed by atoms with E-state index in [-0.39, 0.29) is 0 Å². The average molecular weight is 380 g/mol. The van der Waals surface area contributed by atoms with Gasteiger partial charge in [0.15, 0.2) is 5.65 Å². The van der Waals surface area contributed by atoms with Crippen LogP contribution in [-0.4, -0.2) is 26.9 Å². The molecule has 7 heteroatoms. The van der Waals surface area contributed by atoms with Crippen LogP contribution in [-0.2, 0) is 0 Å². The highest BCUT2D eigenvalue weighted by atomic mass is 35.5. The lowest BCUT2D eigenvalue weighted by atomic mass is 10.1. The van der Waals surface area contributed by atoms with Crippen LogP contribution in [0, 0.1) is 13.8 Å². The normalized spacial score (nSPS) is 11.0.